The summed E-state index contributed by atoms with van der Waals surface area (Å²) in [4.78, 5) is 35.4. The number of rotatable bonds is 5. The first-order valence-electron chi connectivity index (χ1n) is 6.58. The number of nitrogens with one attached hydrogen (secondary N) is 2. The molecule has 2 aromatic heterocycles. The van der Waals surface area contributed by atoms with Gasteiger partial charge in [-0.3, -0.25) is 20.4 Å². The standard InChI is InChI=1S/C15H14N2O5S/c1-10-6-8-23-12(10)4-5-14(19)22-9-13(18)16-17-15(20)11-3-2-7-21-11/h2-8H,9H2,1H3,(H,16,18)(H,17,20)/b5-4+. The normalized spacial score (nSPS) is 10.5. The Morgan fingerprint density at radius 1 is 1.30 bits per heavy atom. The summed E-state index contributed by atoms with van der Waals surface area (Å²) in [5.41, 5.74) is 5.29. The quantitative estimate of drug-likeness (QED) is 0.492. The summed E-state index contributed by atoms with van der Waals surface area (Å²) in [6, 6.07) is 4.92. The summed E-state index contributed by atoms with van der Waals surface area (Å²) in [6.07, 6.45) is 4.20. The molecule has 120 valence electrons. The number of ether oxygens (including phenoxy) is 1. The molecule has 0 aromatic carbocycles. The molecule has 2 rings (SSSR count). The van der Waals surface area contributed by atoms with Crippen molar-refractivity contribution in [2.45, 2.75) is 6.92 Å². The molecule has 0 aliphatic heterocycles. The van der Waals surface area contributed by atoms with Crippen LogP contribution in [0.5, 0.6) is 0 Å². The zero-order valence-electron chi connectivity index (χ0n) is 12.2. The minimum atomic E-state index is -0.668. The molecule has 0 unspecified atom stereocenters. The average Bonchev–Trinajstić information content (AvgIpc) is 3.20. The zero-order chi connectivity index (χ0) is 16.7. The Labute approximate surface area is 135 Å². The molecule has 2 amide bonds. The molecule has 0 bridgehead atoms. The van der Waals surface area contributed by atoms with Gasteiger partial charge in [0.15, 0.2) is 12.4 Å². The highest BCUT2D eigenvalue weighted by atomic mass is 32.1. The second kappa shape index (κ2) is 7.95. The van der Waals surface area contributed by atoms with Crippen LogP contribution in [0.2, 0.25) is 0 Å². The van der Waals surface area contributed by atoms with Gasteiger partial charge in [-0.05, 0) is 42.1 Å². The van der Waals surface area contributed by atoms with E-state index in [1.54, 1.807) is 12.1 Å². The molecular weight excluding hydrogens is 320 g/mol. The van der Waals surface area contributed by atoms with E-state index >= 15 is 0 Å². The van der Waals surface area contributed by atoms with E-state index in [1.807, 2.05) is 18.4 Å². The summed E-state index contributed by atoms with van der Waals surface area (Å²) >= 11 is 1.50. The number of esters is 1. The number of hydrogen-bond acceptors (Lipinski definition) is 6. The first-order valence-corrected chi connectivity index (χ1v) is 7.46. The van der Waals surface area contributed by atoms with Crippen LogP contribution in [0.3, 0.4) is 0 Å². The number of carbonyl (C=O) groups is 3. The van der Waals surface area contributed by atoms with Gasteiger partial charge in [0.25, 0.3) is 5.91 Å². The fourth-order valence-electron chi connectivity index (χ4n) is 1.52. The topological polar surface area (TPSA) is 97.6 Å². The lowest BCUT2D eigenvalue weighted by Crippen LogP contribution is -2.43. The molecule has 23 heavy (non-hydrogen) atoms. The van der Waals surface area contributed by atoms with Gasteiger partial charge in [0.2, 0.25) is 0 Å². The predicted octanol–water partition coefficient (Wildman–Crippen LogP) is 1.67. The first kappa shape index (κ1) is 16.5. The van der Waals surface area contributed by atoms with E-state index in [0.717, 1.165) is 10.4 Å². The van der Waals surface area contributed by atoms with Crippen molar-refractivity contribution in [1.29, 1.82) is 0 Å². The van der Waals surface area contributed by atoms with Gasteiger partial charge in [0.05, 0.1) is 6.26 Å². The maximum absolute atomic E-state index is 11.5. The number of hydrogen-bond donors (Lipinski definition) is 2. The Bertz CT molecular complexity index is 718. The Kier molecular flexibility index (Phi) is 5.70. The fourth-order valence-corrected chi connectivity index (χ4v) is 2.33. The molecule has 2 N–H and O–H groups in total. The Hall–Kier alpha value is -2.87. The van der Waals surface area contributed by atoms with Gasteiger partial charge in [0, 0.05) is 11.0 Å². The summed E-state index contributed by atoms with van der Waals surface area (Å²) < 4.78 is 9.60. The lowest BCUT2D eigenvalue weighted by atomic mass is 10.3. The van der Waals surface area contributed by atoms with E-state index in [-0.39, 0.29) is 5.76 Å². The van der Waals surface area contributed by atoms with Gasteiger partial charge in [-0.15, -0.1) is 11.3 Å². The van der Waals surface area contributed by atoms with Gasteiger partial charge >= 0.3 is 11.9 Å². The van der Waals surface area contributed by atoms with Crippen LogP contribution in [0.4, 0.5) is 0 Å². The number of aryl methyl sites for hydroxylation is 1. The van der Waals surface area contributed by atoms with Crippen LogP contribution in [0.1, 0.15) is 21.0 Å². The third-order valence-electron chi connectivity index (χ3n) is 2.68. The molecule has 0 atom stereocenters. The van der Waals surface area contributed by atoms with E-state index in [1.165, 1.54) is 29.7 Å². The first-order chi connectivity index (χ1) is 11.1. The van der Waals surface area contributed by atoms with Crippen molar-refractivity contribution < 1.29 is 23.5 Å². The molecule has 0 aliphatic carbocycles. The van der Waals surface area contributed by atoms with Crippen LogP contribution in [-0.2, 0) is 14.3 Å². The van der Waals surface area contributed by atoms with Gasteiger partial charge < -0.3 is 9.15 Å². The molecule has 8 heteroatoms. The average molecular weight is 334 g/mol. The van der Waals surface area contributed by atoms with Crippen molar-refractivity contribution >= 4 is 35.2 Å². The van der Waals surface area contributed by atoms with Crippen molar-refractivity contribution in [2.75, 3.05) is 6.61 Å². The third kappa shape index (κ3) is 5.11. The maximum Gasteiger partial charge on any atom is 0.331 e. The van der Waals surface area contributed by atoms with E-state index in [0.29, 0.717) is 0 Å². The third-order valence-corrected chi connectivity index (χ3v) is 3.66. The molecule has 0 saturated heterocycles. The van der Waals surface area contributed by atoms with Crippen LogP contribution in [0.15, 0.2) is 40.3 Å². The number of hydrazine groups is 1. The lowest BCUT2D eigenvalue weighted by molar-refractivity contribution is -0.144. The summed E-state index contributed by atoms with van der Waals surface area (Å²) in [7, 11) is 0. The number of thiophene rings is 1. The molecular formula is C15H14N2O5S. The van der Waals surface area contributed by atoms with Crippen LogP contribution in [-0.4, -0.2) is 24.4 Å². The van der Waals surface area contributed by atoms with E-state index in [9.17, 15) is 14.4 Å². The second-order valence-corrected chi connectivity index (χ2v) is 5.34. The molecule has 0 saturated carbocycles. The van der Waals surface area contributed by atoms with Crippen molar-refractivity contribution in [2.24, 2.45) is 0 Å². The van der Waals surface area contributed by atoms with Crippen LogP contribution < -0.4 is 10.9 Å². The highest BCUT2D eigenvalue weighted by Crippen LogP contribution is 2.16. The van der Waals surface area contributed by atoms with Gasteiger partial charge in [0.1, 0.15) is 0 Å². The van der Waals surface area contributed by atoms with Crippen LogP contribution >= 0.6 is 11.3 Å². The Morgan fingerprint density at radius 3 is 2.78 bits per heavy atom. The fraction of sp³-hybridized carbons (Fsp3) is 0.133. The monoisotopic (exact) mass is 334 g/mol. The highest BCUT2D eigenvalue weighted by Gasteiger charge is 2.10. The predicted molar refractivity (Wildman–Crippen MR) is 83.4 cm³/mol. The summed E-state index contributed by atoms with van der Waals surface area (Å²) in [5.74, 6) is -1.87. The SMILES string of the molecule is Cc1ccsc1/C=C/C(=O)OCC(=O)NNC(=O)c1ccco1. The smallest absolute Gasteiger partial charge is 0.331 e. The number of amides is 2. The molecule has 2 heterocycles. The van der Waals surface area contributed by atoms with Gasteiger partial charge in [-0.1, -0.05) is 0 Å². The minimum absolute atomic E-state index is 0.0524. The molecule has 0 fully saturated rings. The highest BCUT2D eigenvalue weighted by molar-refractivity contribution is 7.11. The molecule has 0 spiro atoms. The van der Waals surface area contributed by atoms with Gasteiger partial charge in [-0.2, -0.15) is 0 Å². The Morgan fingerprint density at radius 2 is 2.13 bits per heavy atom. The second-order valence-electron chi connectivity index (χ2n) is 4.39. The van der Waals surface area contributed by atoms with E-state index < -0.39 is 24.4 Å². The Balaban J connectivity index is 1.70. The number of furan rings is 1. The molecule has 2 aromatic rings. The van der Waals surface area contributed by atoms with Crippen molar-refractivity contribution in [3.63, 3.8) is 0 Å². The van der Waals surface area contributed by atoms with Crippen molar-refractivity contribution in [1.82, 2.24) is 10.9 Å². The van der Waals surface area contributed by atoms with Crippen molar-refractivity contribution in [3.05, 3.63) is 52.1 Å². The maximum atomic E-state index is 11.5. The van der Waals surface area contributed by atoms with E-state index in [4.69, 9.17) is 9.15 Å². The van der Waals surface area contributed by atoms with E-state index in [2.05, 4.69) is 10.9 Å². The molecule has 0 aliphatic rings. The van der Waals surface area contributed by atoms with Gasteiger partial charge in [-0.25, -0.2) is 4.79 Å². The van der Waals surface area contributed by atoms with Crippen LogP contribution in [0.25, 0.3) is 6.08 Å². The largest absolute Gasteiger partial charge is 0.459 e. The molecule has 0 radical (unpaired) electrons. The van der Waals surface area contributed by atoms with Crippen molar-refractivity contribution in [3.8, 4) is 0 Å². The minimum Gasteiger partial charge on any atom is -0.459 e. The summed E-state index contributed by atoms with van der Waals surface area (Å²) in [6.45, 7) is 1.42. The summed E-state index contributed by atoms with van der Waals surface area (Å²) in [5, 5.41) is 1.91. The molecule has 7 nitrogen and oxygen atoms in total. The number of carbonyl (C=O) groups excluding carboxylic acids is 3. The van der Waals surface area contributed by atoms with Crippen LogP contribution in [0, 0.1) is 6.92 Å². The zero-order valence-corrected chi connectivity index (χ0v) is 13.0. The lowest BCUT2D eigenvalue weighted by Gasteiger charge is -2.05.